The molecule has 2 nitrogen and oxygen atoms in total. The molecular weight excluding hydrogens is 460 g/mol. The van der Waals surface area contributed by atoms with Crippen molar-refractivity contribution < 1.29 is 8.42 Å². The molecule has 5 aromatic rings. The smallest absolute Gasteiger partial charge is 0.207 e. The van der Waals surface area contributed by atoms with Crippen LogP contribution in [0.2, 0.25) is 0 Å². The summed E-state index contributed by atoms with van der Waals surface area (Å²) in [4.78, 5) is 0.561. The Morgan fingerprint density at radius 2 is 0.972 bits per heavy atom. The molecule has 0 aliphatic carbocycles. The molecule has 176 valence electrons. The second kappa shape index (κ2) is 10.2. The average molecular weight is 487 g/mol. The number of aryl methyl sites for hydroxylation is 1. The van der Waals surface area contributed by atoms with Crippen LogP contribution in [0.3, 0.4) is 0 Å². The number of hydrogen-bond acceptors (Lipinski definition) is 2. The second-order valence-electron chi connectivity index (χ2n) is 8.76. The first-order valence-electron chi connectivity index (χ1n) is 11.9. The Hall–Kier alpha value is -4.21. The van der Waals surface area contributed by atoms with Gasteiger partial charge < -0.3 is 0 Å². The third kappa shape index (κ3) is 5.07. The van der Waals surface area contributed by atoms with Crippen molar-refractivity contribution in [1.29, 1.82) is 0 Å². The Bertz CT molecular complexity index is 1580. The molecule has 0 bridgehead atoms. The maximum absolute atomic E-state index is 13.8. The summed E-state index contributed by atoms with van der Waals surface area (Å²) < 4.78 is 27.6. The van der Waals surface area contributed by atoms with Gasteiger partial charge in [-0.25, -0.2) is 8.42 Å². The lowest BCUT2D eigenvalue weighted by molar-refractivity contribution is 0.606. The number of benzene rings is 5. The minimum Gasteiger partial charge on any atom is -0.218 e. The first-order chi connectivity index (χ1) is 17.5. The van der Waals surface area contributed by atoms with Gasteiger partial charge in [0.05, 0.1) is 9.80 Å². The van der Waals surface area contributed by atoms with Crippen LogP contribution in [0.1, 0.15) is 16.7 Å². The summed E-state index contributed by atoms with van der Waals surface area (Å²) in [5, 5.41) is 0. The van der Waals surface area contributed by atoms with E-state index in [-0.39, 0.29) is 9.80 Å². The normalized spacial score (nSPS) is 11.9. The fourth-order valence-corrected chi connectivity index (χ4v) is 5.66. The summed E-state index contributed by atoms with van der Waals surface area (Å²) in [5.41, 5.74) is 6.84. The monoisotopic (exact) mass is 486 g/mol. The zero-order valence-corrected chi connectivity index (χ0v) is 20.8. The van der Waals surface area contributed by atoms with Crippen molar-refractivity contribution in [2.24, 2.45) is 0 Å². The van der Waals surface area contributed by atoms with Crippen LogP contribution in [0.4, 0.5) is 0 Å². The first-order valence-corrected chi connectivity index (χ1v) is 13.3. The molecule has 0 heterocycles. The van der Waals surface area contributed by atoms with Crippen LogP contribution < -0.4 is 0 Å². The Balaban J connectivity index is 1.58. The van der Waals surface area contributed by atoms with Gasteiger partial charge >= 0.3 is 0 Å². The van der Waals surface area contributed by atoms with Gasteiger partial charge in [0, 0.05) is 0 Å². The van der Waals surface area contributed by atoms with Crippen molar-refractivity contribution in [3.05, 3.63) is 150 Å². The quantitative estimate of drug-likeness (QED) is 0.226. The molecular formula is C33H26O2S. The van der Waals surface area contributed by atoms with E-state index >= 15 is 0 Å². The van der Waals surface area contributed by atoms with Gasteiger partial charge in [-0.2, -0.15) is 0 Å². The molecule has 5 rings (SSSR count). The highest BCUT2D eigenvalue weighted by atomic mass is 32.2. The third-order valence-electron chi connectivity index (χ3n) is 6.21. The molecule has 0 saturated carbocycles. The van der Waals surface area contributed by atoms with Crippen LogP contribution in [0.25, 0.3) is 33.2 Å². The van der Waals surface area contributed by atoms with Crippen molar-refractivity contribution in [1.82, 2.24) is 0 Å². The van der Waals surface area contributed by atoms with Crippen molar-refractivity contribution >= 4 is 20.8 Å². The van der Waals surface area contributed by atoms with Gasteiger partial charge in [0.1, 0.15) is 0 Å². The fraction of sp³-hybridized carbons (Fsp3) is 0.0303. The maximum atomic E-state index is 13.8. The average Bonchev–Trinajstić information content (AvgIpc) is 2.93. The van der Waals surface area contributed by atoms with Crippen molar-refractivity contribution in [3.63, 3.8) is 0 Å². The third-order valence-corrected chi connectivity index (χ3v) is 8.04. The summed E-state index contributed by atoms with van der Waals surface area (Å²) in [6.07, 6.45) is 1.77. The number of hydrogen-bond donors (Lipinski definition) is 0. The van der Waals surface area contributed by atoms with E-state index in [2.05, 4.69) is 12.1 Å². The number of rotatable bonds is 6. The Labute approximate surface area is 213 Å². The van der Waals surface area contributed by atoms with Crippen molar-refractivity contribution in [2.45, 2.75) is 11.8 Å². The topological polar surface area (TPSA) is 34.1 Å². The molecule has 0 spiro atoms. The Morgan fingerprint density at radius 3 is 1.47 bits per heavy atom. The van der Waals surface area contributed by atoms with Crippen LogP contribution in [-0.4, -0.2) is 8.42 Å². The summed E-state index contributed by atoms with van der Waals surface area (Å²) in [6, 6.07) is 42.9. The van der Waals surface area contributed by atoms with E-state index in [4.69, 9.17) is 0 Å². The van der Waals surface area contributed by atoms with Gasteiger partial charge in [0.2, 0.25) is 9.84 Å². The SMILES string of the molecule is Cc1ccc(S(=O)(=O)/C(=C/c2ccc(-c3ccccc3)cc2)c2ccc(-c3ccccc3)cc2)cc1. The molecule has 0 unspecified atom stereocenters. The van der Waals surface area contributed by atoms with Crippen molar-refractivity contribution in [3.8, 4) is 22.3 Å². The van der Waals surface area contributed by atoms with Gasteiger partial charge in [-0.05, 0) is 58.5 Å². The predicted octanol–water partition coefficient (Wildman–Crippen LogP) is 8.30. The van der Waals surface area contributed by atoms with Gasteiger partial charge in [-0.15, -0.1) is 0 Å². The van der Waals surface area contributed by atoms with Crippen LogP contribution in [-0.2, 0) is 9.84 Å². The molecule has 0 aliphatic rings. The second-order valence-corrected chi connectivity index (χ2v) is 10.7. The number of sulfone groups is 1. The van der Waals surface area contributed by atoms with Gasteiger partial charge in [-0.3, -0.25) is 0 Å². The lowest BCUT2D eigenvalue weighted by atomic mass is 10.0. The minimum atomic E-state index is -3.75. The summed E-state index contributed by atoms with van der Waals surface area (Å²) in [6.45, 7) is 1.95. The highest BCUT2D eigenvalue weighted by Crippen LogP contribution is 2.32. The van der Waals surface area contributed by atoms with Crippen LogP contribution in [0.15, 0.2) is 138 Å². The van der Waals surface area contributed by atoms with E-state index in [0.717, 1.165) is 33.4 Å². The predicted molar refractivity (Wildman–Crippen MR) is 150 cm³/mol. The molecule has 0 radical (unpaired) electrons. The summed E-state index contributed by atoms with van der Waals surface area (Å²) in [5.74, 6) is 0. The molecule has 0 aromatic heterocycles. The molecule has 36 heavy (non-hydrogen) atoms. The largest absolute Gasteiger partial charge is 0.218 e. The minimum absolute atomic E-state index is 0.276. The van der Waals surface area contributed by atoms with E-state index in [0.29, 0.717) is 5.56 Å². The highest BCUT2D eigenvalue weighted by Gasteiger charge is 2.22. The Morgan fingerprint density at radius 1 is 0.528 bits per heavy atom. The molecule has 0 aliphatic heterocycles. The van der Waals surface area contributed by atoms with Crippen LogP contribution in [0, 0.1) is 6.92 Å². The van der Waals surface area contributed by atoms with E-state index in [1.54, 1.807) is 18.2 Å². The van der Waals surface area contributed by atoms with E-state index in [9.17, 15) is 8.42 Å². The van der Waals surface area contributed by atoms with E-state index in [1.165, 1.54) is 0 Å². The first kappa shape index (κ1) is 23.5. The van der Waals surface area contributed by atoms with Crippen LogP contribution >= 0.6 is 0 Å². The highest BCUT2D eigenvalue weighted by molar-refractivity contribution is 8.00. The summed E-state index contributed by atoms with van der Waals surface area (Å²) in [7, 11) is -3.75. The molecule has 5 aromatic carbocycles. The lowest BCUT2D eigenvalue weighted by Crippen LogP contribution is -2.04. The molecule has 0 N–H and O–H groups in total. The zero-order chi connectivity index (χ0) is 25.0. The van der Waals surface area contributed by atoms with Crippen LogP contribution in [0.5, 0.6) is 0 Å². The van der Waals surface area contributed by atoms with E-state index < -0.39 is 9.84 Å². The molecule has 0 fully saturated rings. The van der Waals surface area contributed by atoms with E-state index in [1.807, 2.05) is 116 Å². The maximum Gasteiger partial charge on any atom is 0.207 e. The summed E-state index contributed by atoms with van der Waals surface area (Å²) >= 11 is 0. The lowest BCUT2D eigenvalue weighted by Gasteiger charge is -2.12. The molecule has 0 saturated heterocycles. The fourth-order valence-electron chi connectivity index (χ4n) is 4.17. The Kier molecular flexibility index (Phi) is 6.66. The zero-order valence-electron chi connectivity index (χ0n) is 20.0. The molecule has 0 amide bonds. The standard InChI is InChI=1S/C33H26O2S/c1-25-12-22-32(23-13-25)36(34,35)33(31-20-18-30(19-21-31)28-10-6-3-7-11-28)24-26-14-16-29(17-15-26)27-8-4-2-5-9-27/h2-24H,1H3/b33-24+. The van der Waals surface area contributed by atoms with Gasteiger partial charge in [0.15, 0.2) is 0 Å². The van der Waals surface area contributed by atoms with Gasteiger partial charge in [-0.1, -0.05) is 127 Å². The molecule has 3 heteroatoms. The van der Waals surface area contributed by atoms with Gasteiger partial charge in [0.25, 0.3) is 0 Å². The van der Waals surface area contributed by atoms with Crippen molar-refractivity contribution in [2.75, 3.05) is 0 Å². The molecule has 0 atom stereocenters.